The van der Waals surface area contributed by atoms with E-state index in [-0.39, 0.29) is 0 Å². The molecule has 0 heterocycles. The molecule has 0 heteroatoms. The van der Waals surface area contributed by atoms with E-state index >= 15 is 0 Å². The lowest BCUT2D eigenvalue weighted by Gasteiger charge is -2.35. The van der Waals surface area contributed by atoms with Crippen molar-refractivity contribution in [2.45, 2.75) is 57.3 Å². The quantitative estimate of drug-likeness (QED) is 0.168. The summed E-state index contributed by atoms with van der Waals surface area (Å²) in [7, 11) is 0. The Balaban J connectivity index is 1.01. The van der Waals surface area contributed by atoms with Gasteiger partial charge in [-0.3, -0.25) is 0 Å². The molecular formula is C60H46. The number of hydrogen-bond acceptors (Lipinski definition) is 0. The summed E-state index contributed by atoms with van der Waals surface area (Å²) in [6, 6.07) is 41.5. The van der Waals surface area contributed by atoms with Crippen LogP contribution in [-0.2, 0) is 6.42 Å². The fourth-order valence-electron chi connectivity index (χ4n) is 12.1. The summed E-state index contributed by atoms with van der Waals surface area (Å²) in [5.41, 5.74) is 26.1. The van der Waals surface area contributed by atoms with Gasteiger partial charge in [-0.05, 0) is 185 Å². The molecule has 0 saturated heterocycles. The van der Waals surface area contributed by atoms with Gasteiger partial charge in [-0.15, -0.1) is 0 Å². The Labute approximate surface area is 353 Å². The number of hydrogen-bond donors (Lipinski definition) is 0. The molecule has 7 aliphatic rings. The fourth-order valence-corrected chi connectivity index (χ4v) is 12.1. The first-order valence-electron chi connectivity index (χ1n) is 22.4. The Morgan fingerprint density at radius 1 is 0.500 bits per heavy atom. The van der Waals surface area contributed by atoms with Crippen LogP contribution in [0.5, 0.6) is 0 Å². The number of aryl methyl sites for hydroxylation is 1. The first kappa shape index (κ1) is 34.4. The Morgan fingerprint density at radius 3 is 2.03 bits per heavy atom. The molecule has 2 atom stereocenters. The van der Waals surface area contributed by atoms with Gasteiger partial charge in [0.05, 0.1) is 0 Å². The molecule has 13 rings (SSSR count). The molecule has 0 aromatic heterocycles. The molecule has 6 aromatic rings. The molecule has 0 spiro atoms. The van der Waals surface area contributed by atoms with Crippen molar-refractivity contribution >= 4 is 40.1 Å². The first-order valence-corrected chi connectivity index (χ1v) is 22.4. The molecule has 60 heavy (non-hydrogen) atoms. The average Bonchev–Trinajstić information content (AvgIpc) is 3.64. The van der Waals surface area contributed by atoms with E-state index in [1.165, 1.54) is 130 Å². The van der Waals surface area contributed by atoms with E-state index in [9.17, 15) is 0 Å². The summed E-state index contributed by atoms with van der Waals surface area (Å²) in [6.45, 7) is 0. The molecule has 0 fully saturated rings. The van der Waals surface area contributed by atoms with E-state index in [0.717, 1.165) is 32.1 Å². The second kappa shape index (κ2) is 13.5. The minimum atomic E-state index is 0.292. The number of benzene rings is 6. The van der Waals surface area contributed by atoms with E-state index in [1.807, 2.05) is 0 Å². The van der Waals surface area contributed by atoms with Crippen molar-refractivity contribution in [3.63, 3.8) is 0 Å². The topological polar surface area (TPSA) is 0 Å². The van der Waals surface area contributed by atoms with E-state index in [0.29, 0.717) is 11.8 Å². The maximum Gasteiger partial charge on any atom is 0.0131 e. The average molecular weight is 767 g/mol. The number of allylic oxidation sites excluding steroid dienone is 12. The smallest absolute Gasteiger partial charge is 0.0131 e. The summed E-state index contributed by atoms with van der Waals surface area (Å²) >= 11 is 0. The summed E-state index contributed by atoms with van der Waals surface area (Å²) in [5.74, 6) is 0.609. The zero-order valence-corrected chi connectivity index (χ0v) is 34.0. The normalized spacial score (nSPS) is 20.3. The SMILES string of the molecule is C1=CC2C(C3=Cc4ccc(C5=CC6=C(C=CCC6)CC5)cc4CC3)=Cc3c(cc4c5c3=CCCC=5c3c-4c(-c4ccccc4)c4ccccc4c3-c3ccccc3)C2C=C1. The van der Waals surface area contributed by atoms with E-state index in [4.69, 9.17) is 0 Å². The molecule has 0 N–H and O–H groups in total. The van der Waals surface area contributed by atoms with Gasteiger partial charge >= 0.3 is 0 Å². The second-order valence-corrected chi connectivity index (χ2v) is 17.9. The molecule has 0 nitrogen and oxygen atoms in total. The number of fused-ring (bicyclic) bond motifs is 9. The van der Waals surface area contributed by atoms with Crippen molar-refractivity contribution in [1.29, 1.82) is 0 Å². The third-order valence-corrected chi connectivity index (χ3v) is 14.8. The zero-order valence-electron chi connectivity index (χ0n) is 34.0. The highest BCUT2D eigenvalue weighted by molar-refractivity contribution is 6.18. The molecular weight excluding hydrogens is 721 g/mol. The Morgan fingerprint density at radius 2 is 1.23 bits per heavy atom. The van der Waals surface area contributed by atoms with Crippen molar-refractivity contribution in [3.05, 3.63) is 218 Å². The molecule has 0 saturated carbocycles. The molecule has 0 bridgehead atoms. The van der Waals surface area contributed by atoms with Crippen LogP contribution in [0.25, 0.3) is 73.5 Å². The Bertz CT molecular complexity index is 3220. The maximum atomic E-state index is 2.64. The molecule has 0 aliphatic heterocycles. The lowest BCUT2D eigenvalue weighted by atomic mass is 9.68. The van der Waals surface area contributed by atoms with Crippen LogP contribution in [-0.4, -0.2) is 0 Å². The molecule has 7 aliphatic carbocycles. The summed E-state index contributed by atoms with van der Waals surface area (Å²) in [5, 5.41) is 5.60. The fraction of sp³-hybridized carbons (Fsp3) is 0.167. The van der Waals surface area contributed by atoms with Gasteiger partial charge in [-0.1, -0.05) is 158 Å². The molecule has 2 unspecified atom stereocenters. The van der Waals surface area contributed by atoms with Crippen LogP contribution in [0.4, 0.5) is 0 Å². The molecule has 0 amide bonds. The minimum Gasteiger partial charge on any atom is -0.0839 e. The van der Waals surface area contributed by atoms with E-state index in [1.54, 1.807) is 11.1 Å². The van der Waals surface area contributed by atoms with Crippen LogP contribution in [0.2, 0.25) is 0 Å². The van der Waals surface area contributed by atoms with Gasteiger partial charge in [-0.2, -0.15) is 0 Å². The molecule has 286 valence electrons. The Hall–Kier alpha value is -6.50. The van der Waals surface area contributed by atoms with E-state index in [2.05, 4.69) is 170 Å². The van der Waals surface area contributed by atoms with Gasteiger partial charge < -0.3 is 0 Å². The monoisotopic (exact) mass is 766 g/mol. The highest BCUT2D eigenvalue weighted by Gasteiger charge is 2.37. The largest absolute Gasteiger partial charge is 0.0839 e. The van der Waals surface area contributed by atoms with Crippen molar-refractivity contribution in [2.75, 3.05) is 0 Å². The van der Waals surface area contributed by atoms with Crippen LogP contribution in [0.15, 0.2) is 174 Å². The highest BCUT2D eigenvalue weighted by Crippen LogP contribution is 2.53. The van der Waals surface area contributed by atoms with Crippen molar-refractivity contribution < 1.29 is 0 Å². The van der Waals surface area contributed by atoms with Crippen LogP contribution >= 0.6 is 0 Å². The highest BCUT2D eigenvalue weighted by atomic mass is 14.4. The zero-order chi connectivity index (χ0) is 39.3. The van der Waals surface area contributed by atoms with Gasteiger partial charge in [0, 0.05) is 11.8 Å². The van der Waals surface area contributed by atoms with Gasteiger partial charge in [0.25, 0.3) is 0 Å². The van der Waals surface area contributed by atoms with Gasteiger partial charge in [0.1, 0.15) is 0 Å². The van der Waals surface area contributed by atoms with Gasteiger partial charge in [-0.25, -0.2) is 0 Å². The van der Waals surface area contributed by atoms with E-state index < -0.39 is 0 Å². The van der Waals surface area contributed by atoms with Crippen molar-refractivity contribution in [3.8, 4) is 33.4 Å². The molecule has 0 radical (unpaired) electrons. The van der Waals surface area contributed by atoms with Crippen molar-refractivity contribution in [2.24, 2.45) is 5.92 Å². The van der Waals surface area contributed by atoms with Crippen LogP contribution in [0.1, 0.15) is 84.2 Å². The van der Waals surface area contributed by atoms with Crippen molar-refractivity contribution in [1.82, 2.24) is 0 Å². The summed E-state index contributed by atoms with van der Waals surface area (Å²) in [4.78, 5) is 0. The van der Waals surface area contributed by atoms with Gasteiger partial charge in [0.2, 0.25) is 0 Å². The maximum absolute atomic E-state index is 2.64. The molecule has 6 aromatic carbocycles. The first-order chi connectivity index (χ1) is 29.8. The third kappa shape index (κ3) is 5.16. The third-order valence-electron chi connectivity index (χ3n) is 14.8. The van der Waals surface area contributed by atoms with Crippen LogP contribution in [0.3, 0.4) is 0 Å². The summed E-state index contributed by atoms with van der Waals surface area (Å²) in [6.07, 6.45) is 33.5. The van der Waals surface area contributed by atoms with Crippen LogP contribution < -0.4 is 10.4 Å². The lowest BCUT2D eigenvalue weighted by Crippen LogP contribution is -2.35. The standard InChI is InChI=1S/C60H46/c1-3-15-38(16-4-1)56-48-22-11-12-23-49(48)57(39-17-5-2-6-18-39)60-55-36-53-47-21-10-9-20-46(47)52(35-54(53)50-24-13-25-51(58(50)55)59(56)60)45-31-30-43-33-42(28-29-44(43)34-45)41-27-26-37-14-7-8-19-40(37)32-41/h1-7,9-12,14-18,20-24,28-29,32-36,46-47H,8,13,19,25-27,30-31H2. The van der Waals surface area contributed by atoms with Gasteiger partial charge in [0.15, 0.2) is 0 Å². The Kier molecular flexibility index (Phi) is 7.74. The minimum absolute atomic E-state index is 0.292. The predicted molar refractivity (Wildman–Crippen MR) is 254 cm³/mol. The summed E-state index contributed by atoms with van der Waals surface area (Å²) < 4.78 is 0. The lowest BCUT2D eigenvalue weighted by molar-refractivity contribution is 0.652. The number of rotatable bonds is 4. The second-order valence-electron chi connectivity index (χ2n) is 17.9. The predicted octanol–water partition coefficient (Wildman–Crippen LogP) is 14.0. The van der Waals surface area contributed by atoms with Crippen LogP contribution in [0, 0.1) is 5.92 Å².